The number of aromatic nitrogens is 2. The Bertz CT molecular complexity index is 1570. The van der Waals surface area contributed by atoms with Crippen LogP contribution in [-0.2, 0) is 6.54 Å². The summed E-state index contributed by atoms with van der Waals surface area (Å²) in [5.41, 5.74) is 1.49. The number of hydrazone groups is 1. The van der Waals surface area contributed by atoms with Crippen molar-refractivity contribution in [2.45, 2.75) is 33.2 Å². The number of aromatic hydroxyl groups is 2. The summed E-state index contributed by atoms with van der Waals surface area (Å²) in [5.74, 6) is -1.63. The highest BCUT2D eigenvalue weighted by Gasteiger charge is 2.22. The molecule has 2 heterocycles. The van der Waals surface area contributed by atoms with E-state index in [0.717, 1.165) is 12.8 Å². The van der Waals surface area contributed by atoms with Crippen LogP contribution in [0.1, 0.15) is 42.6 Å². The Morgan fingerprint density at radius 1 is 1.00 bits per heavy atom. The number of carbonyl (C=O) groups is 1. The fourth-order valence-electron chi connectivity index (χ4n) is 3.94. The maximum Gasteiger partial charge on any atom is 0.280 e. The van der Waals surface area contributed by atoms with Gasteiger partial charge in [0.1, 0.15) is 22.6 Å². The molecule has 0 saturated heterocycles. The number of H-pyrrole nitrogens is 1. The Labute approximate surface area is 194 Å². The number of hydrogen-bond donors (Lipinski definition) is 4. The maximum atomic E-state index is 13.1. The molecule has 174 valence electrons. The number of fused-ring (bicyclic) bond motifs is 2. The number of benzene rings is 2. The highest BCUT2D eigenvalue weighted by atomic mass is 16.3. The van der Waals surface area contributed by atoms with Crippen LogP contribution in [0.25, 0.3) is 21.8 Å². The first-order chi connectivity index (χ1) is 16.3. The SMILES string of the molecule is CCCCn1c(=O)c(C(=O)NN=C(C)c2c(O)c3ccccc3[nH]c2=O)c(O)c2ccccc21. The molecule has 0 fully saturated rings. The lowest BCUT2D eigenvalue weighted by atomic mass is 10.1. The molecule has 9 heteroatoms. The summed E-state index contributed by atoms with van der Waals surface area (Å²) in [4.78, 5) is 41.2. The number of nitrogens with zero attached hydrogens (tertiary/aromatic N) is 2. The third kappa shape index (κ3) is 3.92. The van der Waals surface area contributed by atoms with Crippen LogP contribution in [0.2, 0.25) is 0 Å². The Hall–Kier alpha value is -4.40. The van der Waals surface area contributed by atoms with Crippen LogP contribution in [0, 0.1) is 0 Å². The Kier molecular flexibility index (Phi) is 6.18. The van der Waals surface area contributed by atoms with Gasteiger partial charge in [-0.25, -0.2) is 5.43 Å². The van der Waals surface area contributed by atoms with E-state index in [2.05, 4.69) is 15.5 Å². The average Bonchev–Trinajstić information content (AvgIpc) is 2.83. The van der Waals surface area contributed by atoms with E-state index < -0.39 is 28.3 Å². The van der Waals surface area contributed by atoms with Crippen LogP contribution in [0.3, 0.4) is 0 Å². The third-order valence-corrected chi connectivity index (χ3v) is 5.69. The molecule has 0 aliphatic carbocycles. The van der Waals surface area contributed by atoms with E-state index in [1.165, 1.54) is 11.5 Å². The minimum absolute atomic E-state index is 0.0319. The summed E-state index contributed by atoms with van der Waals surface area (Å²) < 4.78 is 1.46. The van der Waals surface area contributed by atoms with Gasteiger partial charge in [0.05, 0.1) is 16.7 Å². The van der Waals surface area contributed by atoms with Crippen molar-refractivity contribution < 1.29 is 15.0 Å². The quantitative estimate of drug-likeness (QED) is 0.259. The zero-order valence-electron chi connectivity index (χ0n) is 18.8. The van der Waals surface area contributed by atoms with Gasteiger partial charge in [-0.1, -0.05) is 37.6 Å². The van der Waals surface area contributed by atoms with E-state index >= 15 is 0 Å². The lowest BCUT2D eigenvalue weighted by molar-refractivity contribution is 0.0950. The minimum atomic E-state index is -0.922. The van der Waals surface area contributed by atoms with Gasteiger partial charge in [-0.15, -0.1) is 0 Å². The predicted octanol–water partition coefficient (Wildman–Crippen LogP) is 3.21. The molecule has 0 atom stereocenters. The third-order valence-electron chi connectivity index (χ3n) is 5.69. The molecule has 4 N–H and O–H groups in total. The number of aryl methyl sites for hydroxylation is 1. The molecule has 4 aromatic rings. The van der Waals surface area contributed by atoms with Gasteiger partial charge in [-0.3, -0.25) is 14.4 Å². The van der Waals surface area contributed by atoms with Crippen LogP contribution in [0.15, 0.2) is 63.2 Å². The van der Waals surface area contributed by atoms with Crippen molar-refractivity contribution in [3.05, 3.63) is 80.4 Å². The fourth-order valence-corrected chi connectivity index (χ4v) is 3.94. The number of pyridine rings is 2. The van der Waals surface area contributed by atoms with Crippen molar-refractivity contribution >= 4 is 33.4 Å². The first-order valence-corrected chi connectivity index (χ1v) is 10.9. The topological polar surface area (TPSA) is 137 Å². The average molecular weight is 460 g/mol. The Balaban J connectivity index is 1.75. The molecule has 9 nitrogen and oxygen atoms in total. The number of nitrogens with one attached hydrogen (secondary N) is 2. The second-order valence-electron chi connectivity index (χ2n) is 7.91. The van der Waals surface area contributed by atoms with Crippen LogP contribution < -0.4 is 16.5 Å². The van der Waals surface area contributed by atoms with Crippen molar-refractivity contribution in [1.82, 2.24) is 15.0 Å². The highest BCUT2D eigenvalue weighted by molar-refractivity contribution is 6.07. The number of amides is 1. The molecule has 0 saturated carbocycles. The smallest absolute Gasteiger partial charge is 0.280 e. The van der Waals surface area contributed by atoms with Gasteiger partial charge in [-0.05, 0) is 37.6 Å². The van der Waals surface area contributed by atoms with Gasteiger partial charge in [0.25, 0.3) is 17.0 Å². The van der Waals surface area contributed by atoms with Crippen LogP contribution >= 0.6 is 0 Å². The molecule has 4 rings (SSSR count). The molecule has 2 aromatic heterocycles. The molecule has 2 aromatic carbocycles. The van der Waals surface area contributed by atoms with E-state index in [1.54, 1.807) is 48.5 Å². The number of unbranched alkanes of at least 4 members (excludes halogenated alkanes) is 1. The highest BCUT2D eigenvalue weighted by Crippen LogP contribution is 2.27. The molecule has 0 unspecified atom stereocenters. The van der Waals surface area contributed by atoms with E-state index in [-0.39, 0.29) is 17.0 Å². The second kappa shape index (κ2) is 9.22. The fraction of sp³-hybridized carbons (Fsp3) is 0.200. The van der Waals surface area contributed by atoms with Crippen molar-refractivity contribution in [1.29, 1.82) is 0 Å². The predicted molar refractivity (Wildman–Crippen MR) is 131 cm³/mol. The minimum Gasteiger partial charge on any atom is -0.506 e. The van der Waals surface area contributed by atoms with Gasteiger partial charge >= 0.3 is 0 Å². The number of carbonyl (C=O) groups excluding carboxylic acids is 1. The van der Waals surface area contributed by atoms with Crippen molar-refractivity contribution in [2.75, 3.05) is 0 Å². The summed E-state index contributed by atoms with van der Waals surface area (Å²) in [6.45, 7) is 3.82. The molecule has 0 aliphatic rings. The standard InChI is InChI=1S/C25H24N4O5/c1-3-4-13-29-18-12-8-6-10-16(18)22(31)20(25(29)34)24(33)28-27-14(2)19-21(30)15-9-5-7-11-17(15)26-23(19)32/h5-12,31H,3-4,13H2,1-2H3,(H,28,33)(H2,26,30,32). The zero-order chi connectivity index (χ0) is 24.4. The molecule has 34 heavy (non-hydrogen) atoms. The van der Waals surface area contributed by atoms with Crippen molar-refractivity contribution in [2.24, 2.45) is 5.10 Å². The number of para-hydroxylation sites is 2. The van der Waals surface area contributed by atoms with Gasteiger partial charge in [0.2, 0.25) is 0 Å². The lowest BCUT2D eigenvalue weighted by Gasteiger charge is -2.14. The van der Waals surface area contributed by atoms with Gasteiger partial charge in [-0.2, -0.15) is 5.10 Å². The van der Waals surface area contributed by atoms with E-state index in [1.807, 2.05) is 6.92 Å². The molecular weight excluding hydrogens is 436 g/mol. The summed E-state index contributed by atoms with van der Waals surface area (Å²) in [6.07, 6.45) is 1.56. The first kappa shape index (κ1) is 22.8. The number of hydrogen-bond acceptors (Lipinski definition) is 6. The first-order valence-electron chi connectivity index (χ1n) is 10.9. The monoisotopic (exact) mass is 460 g/mol. The molecule has 0 aliphatic heterocycles. The second-order valence-corrected chi connectivity index (χ2v) is 7.91. The van der Waals surface area contributed by atoms with Crippen molar-refractivity contribution in [3.8, 4) is 11.5 Å². The van der Waals surface area contributed by atoms with Crippen LogP contribution in [-0.4, -0.2) is 31.4 Å². The van der Waals surface area contributed by atoms with Crippen LogP contribution in [0.5, 0.6) is 11.5 Å². The summed E-state index contributed by atoms with van der Waals surface area (Å²) in [5, 5.41) is 26.0. The summed E-state index contributed by atoms with van der Waals surface area (Å²) in [7, 11) is 0. The molecular formula is C25H24N4O5. The molecule has 0 radical (unpaired) electrons. The van der Waals surface area contributed by atoms with Gasteiger partial charge in [0.15, 0.2) is 0 Å². The summed E-state index contributed by atoms with van der Waals surface area (Å²) >= 11 is 0. The maximum absolute atomic E-state index is 13.1. The number of aromatic amines is 1. The van der Waals surface area contributed by atoms with E-state index in [0.29, 0.717) is 28.4 Å². The lowest BCUT2D eigenvalue weighted by Crippen LogP contribution is -2.32. The largest absolute Gasteiger partial charge is 0.506 e. The van der Waals surface area contributed by atoms with E-state index in [9.17, 15) is 24.6 Å². The Morgan fingerprint density at radius 2 is 1.65 bits per heavy atom. The van der Waals surface area contributed by atoms with Gasteiger partial charge < -0.3 is 19.8 Å². The Morgan fingerprint density at radius 3 is 2.38 bits per heavy atom. The molecule has 0 bridgehead atoms. The molecule has 1 amide bonds. The van der Waals surface area contributed by atoms with E-state index in [4.69, 9.17) is 0 Å². The van der Waals surface area contributed by atoms with Crippen LogP contribution in [0.4, 0.5) is 0 Å². The van der Waals surface area contributed by atoms with Crippen molar-refractivity contribution in [3.63, 3.8) is 0 Å². The number of rotatable bonds is 6. The zero-order valence-corrected chi connectivity index (χ0v) is 18.8. The van der Waals surface area contributed by atoms with Gasteiger partial charge in [0, 0.05) is 17.3 Å². The normalized spacial score (nSPS) is 11.8. The molecule has 0 spiro atoms. The summed E-state index contributed by atoms with van der Waals surface area (Å²) in [6, 6.07) is 13.5.